The third kappa shape index (κ3) is 3.16. The van der Waals surface area contributed by atoms with Gasteiger partial charge in [0.05, 0.1) is 11.5 Å². The zero-order valence-electron chi connectivity index (χ0n) is 13.2. The number of aromatic nitrogens is 3. The Morgan fingerprint density at radius 1 is 1.35 bits per heavy atom. The van der Waals surface area contributed by atoms with E-state index in [1.165, 1.54) is 6.33 Å². The molecule has 2 aromatic rings. The lowest BCUT2D eigenvalue weighted by Crippen LogP contribution is -2.32. The van der Waals surface area contributed by atoms with E-state index in [9.17, 15) is 10.2 Å². The molecule has 8 heteroatoms. The molecule has 0 unspecified atom stereocenters. The molecule has 3 heterocycles. The molecule has 0 aromatic carbocycles. The van der Waals surface area contributed by atoms with Gasteiger partial charge < -0.3 is 25.3 Å². The molecule has 23 heavy (non-hydrogen) atoms. The highest BCUT2D eigenvalue weighted by Gasteiger charge is 2.43. The highest BCUT2D eigenvalue weighted by molar-refractivity contribution is 7.99. The highest BCUT2D eigenvalue weighted by atomic mass is 32.2. The van der Waals surface area contributed by atoms with Gasteiger partial charge in [-0.05, 0) is 17.7 Å². The average Bonchev–Trinajstić information content (AvgIpc) is 3.04. The van der Waals surface area contributed by atoms with E-state index >= 15 is 0 Å². The van der Waals surface area contributed by atoms with Crippen LogP contribution in [0.15, 0.2) is 18.6 Å². The van der Waals surface area contributed by atoms with Crippen molar-refractivity contribution < 1.29 is 14.9 Å². The molecule has 4 N–H and O–H groups in total. The van der Waals surface area contributed by atoms with Crippen LogP contribution in [0.2, 0.25) is 0 Å². The van der Waals surface area contributed by atoms with Crippen molar-refractivity contribution in [1.82, 2.24) is 14.5 Å². The molecule has 126 valence electrons. The van der Waals surface area contributed by atoms with E-state index in [0.29, 0.717) is 28.5 Å². The summed E-state index contributed by atoms with van der Waals surface area (Å²) in [5.41, 5.74) is 6.42. The summed E-state index contributed by atoms with van der Waals surface area (Å²) in [4.78, 5) is 8.16. The van der Waals surface area contributed by atoms with Crippen LogP contribution >= 0.6 is 11.8 Å². The summed E-state index contributed by atoms with van der Waals surface area (Å²) >= 11 is 1.72. The van der Waals surface area contributed by atoms with E-state index in [1.54, 1.807) is 28.6 Å². The molecule has 1 aliphatic rings. The van der Waals surface area contributed by atoms with Crippen molar-refractivity contribution in [3.63, 3.8) is 0 Å². The van der Waals surface area contributed by atoms with Gasteiger partial charge in [-0.2, -0.15) is 11.8 Å². The number of aliphatic hydroxyl groups is 2. The Balaban J connectivity index is 1.78. The summed E-state index contributed by atoms with van der Waals surface area (Å²) in [5.74, 6) is 2.59. The van der Waals surface area contributed by atoms with Crippen molar-refractivity contribution >= 4 is 28.6 Å². The third-order valence-corrected chi connectivity index (χ3v) is 5.35. The predicted molar refractivity (Wildman–Crippen MR) is 90.0 cm³/mol. The normalized spacial score (nSPS) is 28.0. The van der Waals surface area contributed by atoms with E-state index in [0.717, 1.165) is 5.75 Å². The lowest BCUT2D eigenvalue weighted by molar-refractivity contribution is -0.0285. The fraction of sp³-hybridized carbons (Fsp3) is 0.600. The van der Waals surface area contributed by atoms with Gasteiger partial charge in [-0.15, -0.1) is 0 Å². The summed E-state index contributed by atoms with van der Waals surface area (Å²) in [6.45, 7) is 4.29. The van der Waals surface area contributed by atoms with Crippen molar-refractivity contribution in [2.75, 3.05) is 17.2 Å². The average molecular weight is 338 g/mol. The highest BCUT2D eigenvalue weighted by Crippen LogP contribution is 2.34. The Hall–Kier alpha value is -1.35. The Bertz CT molecular complexity index is 678. The number of nitrogens with two attached hydrogens (primary N) is 1. The van der Waals surface area contributed by atoms with Crippen LogP contribution in [-0.4, -0.2) is 54.6 Å². The number of hydrogen-bond donors (Lipinski definition) is 3. The van der Waals surface area contributed by atoms with Gasteiger partial charge in [0.15, 0.2) is 6.23 Å². The molecule has 0 bridgehead atoms. The van der Waals surface area contributed by atoms with Gasteiger partial charge in [0, 0.05) is 11.9 Å². The van der Waals surface area contributed by atoms with Gasteiger partial charge in [0.2, 0.25) is 0 Å². The van der Waals surface area contributed by atoms with Crippen LogP contribution in [0.5, 0.6) is 0 Å². The van der Waals surface area contributed by atoms with Gasteiger partial charge in [-0.25, -0.2) is 9.97 Å². The molecule has 2 aromatic heterocycles. The summed E-state index contributed by atoms with van der Waals surface area (Å²) in [7, 11) is 0. The summed E-state index contributed by atoms with van der Waals surface area (Å²) < 4.78 is 7.60. The van der Waals surface area contributed by atoms with Crippen molar-refractivity contribution in [3.05, 3.63) is 18.6 Å². The smallest absolute Gasteiger partial charge is 0.164 e. The summed E-state index contributed by atoms with van der Waals surface area (Å²) in [6, 6.07) is 1.79. The number of aliphatic hydroxyl groups excluding tert-OH is 2. The maximum absolute atomic E-state index is 10.4. The number of nitrogen functional groups attached to an aromatic ring is 1. The van der Waals surface area contributed by atoms with Crippen LogP contribution in [0.4, 0.5) is 5.82 Å². The van der Waals surface area contributed by atoms with E-state index in [-0.39, 0.29) is 0 Å². The zero-order chi connectivity index (χ0) is 16.6. The molecule has 1 aliphatic heterocycles. The molecule has 0 spiro atoms. The molecule has 4 atom stereocenters. The molecule has 3 rings (SSSR count). The van der Waals surface area contributed by atoms with Gasteiger partial charge in [0.1, 0.15) is 30.0 Å². The fourth-order valence-electron chi connectivity index (χ4n) is 2.71. The van der Waals surface area contributed by atoms with Crippen LogP contribution in [-0.2, 0) is 4.74 Å². The number of hydrogen-bond acceptors (Lipinski definition) is 7. The van der Waals surface area contributed by atoms with Crippen molar-refractivity contribution in [3.8, 4) is 0 Å². The Morgan fingerprint density at radius 2 is 2.13 bits per heavy atom. The minimum atomic E-state index is -1.01. The van der Waals surface area contributed by atoms with Gasteiger partial charge in [-0.3, -0.25) is 0 Å². The molecule has 0 radical (unpaired) electrons. The van der Waals surface area contributed by atoms with Crippen molar-refractivity contribution in [2.24, 2.45) is 5.92 Å². The molecule has 0 aliphatic carbocycles. The second-order valence-electron chi connectivity index (χ2n) is 6.20. The van der Waals surface area contributed by atoms with Crippen LogP contribution in [0, 0.1) is 5.92 Å². The van der Waals surface area contributed by atoms with Crippen LogP contribution < -0.4 is 5.73 Å². The first-order valence-electron chi connectivity index (χ1n) is 7.65. The van der Waals surface area contributed by atoms with E-state index in [2.05, 4.69) is 23.8 Å². The molecule has 7 nitrogen and oxygen atoms in total. The molecule has 1 fully saturated rings. The summed E-state index contributed by atoms with van der Waals surface area (Å²) in [6.07, 6.45) is 0.113. The lowest BCUT2D eigenvalue weighted by Gasteiger charge is -2.17. The maximum atomic E-state index is 10.4. The topological polar surface area (TPSA) is 106 Å². The van der Waals surface area contributed by atoms with Crippen LogP contribution in [0.3, 0.4) is 0 Å². The molecule has 1 saturated heterocycles. The maximum Gasteiger partial charge on any atom is 0.164 e. The van der Waals surface area contributed by atoms with Crippen LogP contribution in [0.25, 0.3) is 11.0 Å². The minimum absolute atomic E-state index is 0.380. The Morgan fingerprint density at radius 3 is 2.87 bits per heavy atom. The lowest BCUT2D eigenvalue weighted by atomic mass is 10.1. The van der Waals surface area contributed by atoms with Gasteiger partial charge in [0.25, 0.3) is 0 Å². The fourth-order valence-corrected chi connectivity index (χ4v) is 3.83. The molecular formula is C15H22N4O3S. The van der Waals surface area contributed by atoms with E-state index < -0.39 is 24.5 Å². The SMILES string of the molecule is CC(C)CSC[C@H]1O[C@@H](n2ccc3c(N)ncnc32)[C@H](O)[C@@H]1O. The standard InChI is InChI=1S/C15H22N4O3S/c1-8(2)5-23-6-10-11(20)12(21)15(22-10)19-4-3-9-13(16)17-7-18-14(9)19/h3-4,7-8,10-12,15,20-21H,5-6H2,1-2H3,(H2,16,17,18)/t10-,11-,12-,15-/m1/s1. The summed E-state index contributed by atoms with van der Waals surface area (Å²) in [5, 5.41) is 21.3. The first-order chi connectivity index (χ1) is 11.0. The Labute approximate surface area is 138 Å². The zero-order valence-corrected chi connectivity index (χ0v) is 14.0. The van der Waals surface area contributed by atoms with Gasteiger partial charge >= 0.3 is 0 Å². The number of rotatable bonds is 5. The number of ether oxygens (including phenoxy) is 1. The minimum Gasteiger partial charge on any atom is -0.387 e. The van der Waals surface area contributed by atoms with Gasteiger partial charge in [-0.1, -0.05) is 13.8 Å². The number of fused-ring (bicyclic) bond motifs is 1. The number of anilines is 1. The van der Waals surface area contributed by atoms with Crippen LogP contribution in [0.1, 0.15) is 20.1 Å². The molecule has 0 saturated carbocycles. The molecular weight excluding hydrogens is 316 g/mol. The van der Waals surface area contributed by atoms with Crippen molar-refractivity contribution in [2.45, 2.75) is 38.4 Å². The number of thioether (sulfide) groups is 1. The quantitative estimate of drug-likeness (QED) is 0.747. The Kier molecular flexibility index (Phi) is 4.77. The largest absolute Gasteiger partial charge is 0.387 e. The second kappa shape index (κ2) is 6.64. The molecule has 0 amide bonds. The van der Waals surface area contributed by atoms with E-state index in [4.69, 9.17) is 10.5 Å². The first-order valence-corrected chi connectivity index (χ1v) is 8.81. The third-order valence-electron chi connectivity index (χ3n) is 3.88. The number of nitrogens with zero attached hydrogens (tertiary/aromatic N) is 3. The van der Waals surface area contributed by atoms with Crippen molar-refractivity contribution in [1.29, 1.82) is 0 Å². The second-order valence-corrected chi connectivity index (χ2v) is 7.27. The van der Waals surface area contributed by atoms with E-state index in [1.807, 2.05) is 0 Å². The monoisotopic (exact) mass is 338 g/mol. The predicted octanol–water partition coefficient (Wildman–Crippen LogP) is 1.02. The first kappa shape index (κ1) is 16.5.